The van der Waals surface area contributed by atoms with Gasteiger partial charge in [-0.05, 0) is 12.1 Å². The highest BCUT2D eigenvalue weighted by Crippen LogP contribution is 2.23. The molecule has 1 aromatic carbocycles. The van der Waals surface area contributed by atoms with Gasteiger partial charge in [0.05, 0.1) is 10.6 Å². The van der Waals surface area contributed by atoms with Crippen molar-refractivity contribution in [2.75, 3.05) is 0 Å². The number of nitrogens with zero attached hydrogens (tertiary/aromatic N) is 2. The van der Waals surface area contributed by atoms with Gasteiger partial charge in [0, 0.05) is 18.0 Å². The lowest BCUT2D eigenvalue weighted by Gasteiger charge is -2.02. The van der Waals surface area contributed by atoms with Gasteiger partial charge in [-0.25, -0.2) is 9.97 Å². The van der Waals surface area contributed by atoms with Gasteiger partial charge in [-0.15, -0.1) is 0 Å². The van der Waals surface area contributed by atoms with Crippen molar-refractivity contribution in [3.63, 3.8) is 0 Å². The van der Waals surface area contributed by atoms with Gasteiger partial charge in [-0.2, -0.15) is 0 Å². The van der Waals surface area contributed by atoms with Crippen LogP contribution in [0.2, 0.25) is 5.02 Å². The van der Waals surface area contributed by atoms with E-state index in [2.05, 4.69) is 9.97 Å². The zero-order valence-corrected chi connectivity index (χ0v) is 8.98. The number of aromatic nitrogens is 2. The smallest absolute Gasteiger partial charge is 0.251 e. The highest BCUT2D eigenvalue weighted by atomic mass is 35.5. The Labute approximate surface area is 97.1 Å². The molecule has 2 rings (SSSR count). The van der Waals surface area contributed by atoms with E-state index in [1.165, 1.54) is 12.4 Å². The molecule has 0 saturated heterocycles. The Bertz CT molecular complexity index is 525. The molecule has 1 aromatic heterocycles. The summed E-state index contributed by atoms with van der Waals surface area (Å²) >= 11 is 5.99. The van der Waals surface area contributed by atoms with Crippen LogP contribution in [0, 0.1) is 0 Å². The summed E-state index contributed by atoms with van der Waals surface area (Å²) in [6, 6.07) is 7.22. The summed E-state index contributed by atoms with van der Waals surface area (Å²) < 4.78 is 0. The minimum absolute atomic E-state index is 0.274. The van der Waals surface area contributed by atoms with E-state index in [0.717, 1.165) is 5.56 Å². The molecule has 0 fully saturated rings. The first-order valence-corrected chi connectivity index (χ1v) is 4.93. The van der Waals surface area contributed by atoms with Gasteiger partial charge in [-0.3, -0.25) is 4.79 Å². The molecule has 1 amide bonds. The van der Waals surface area contributed by atoms with Crippen LogP contribution in [0.5, 0.6) is 0 Å². The first-order valence-electron chi connectivity index (χ1n) is 4.55. The molecule has 2 N–H and O–H groups in total. The number of hydrogen-bond donors (Lipinski definition) is 1. The fourth-order valence-corrected chi connectivity index (χ4v) is 1.46. The van der Waals surface area contributed by atoms with Crippen LogP contribution in [0.4, 0.5) is 0 Å². The van der Waals surface area contributed by atoms with Crippen LogP contribution in [-0.2, 0) is 0 Å². The molecule has 80 valence electrons. The van der Waals surface area contributed by atoms with Crippen LogP contribution in [0.25, 0.3) is 11.4 Å². The normalized spacial score (nSPS) is 10.1. The Hall–Kier alpha value is -1.94. The maximum Gasteiger partial charge on any atom is 0.251 e. The third kappa shape index (κ3) is 2.01. The zero-order valence-electron chi connectivity index (χ0n) is 8.22. The summed E-state index contributed by atoms with van der Waals surface area (Å²) in [6.07, 6.45) is 2.77. The summed E-state index contributed by atoms with van der Waals surface area (Å²) in [5.41, 5.74) is 6.08. The van der Waals surface area contributed by atoms with Gasteiger partial charge >= 0.3 is 0 Å². The molecule has 16 heavy (non-hydrogen) atoms. The fraction of sp³-hybridized carbons (Fsp3) is 0. The topological polar surface area (TPSA) is 68.9 Å². The van der Waals surface area contributed by atoms with Crippen molar-refractivity contribution < 1.29 is 4.79 Å². The molecule has 1 heterocycles. The summed E-state index contributed by atoms with van der Waals surface area (Å²) in [5.74, 6) is -0.0821. The van der Waals surface area contributed by atoms with E-state index in [4.69, 9.17) is 17.3 Å². The zero-order chi connectivity index (χ0) is 11.5. The summed E-state index contributed by atoms with van der Waals surface area (Å²) in [4.78, 5) is 18.9. The molecule has 0 bridgehead atoms. The Morgan fingerprint density at radius 2 is 1.81 bits per heavy atom. The largest absolute Gasteiger partial charge is 0.366 e. The molecule has 2 aromatic rings. The van der Waals surface area contributed by atoms with E-state index < -0.39 is 5.91 Å². The third-order valence-electron chi connectivity index (χ3n) is 2.05. The number of carbonyl (C=O) groups is 1. The number of carbonyl (C=O) groups excluding carboxylic acids is 1. The first-order chi connectivity index (χ1) is 7.68. The Morgan fingerprint density at radius 3 is 2.38 bits per heavy atom. The SMILES string of the molecule is NC(=O)c1cnc(-c2ccccc2Cl)nc1. The Kier molecular flexibility index (Phi) is 2.83. The summed E-state index contributed by atoms with van der Waals surface area (Å²) in [7, 11) is 0. The van der Waals surface area contributed by atoms with E-state index in [0.29, 0.717) is 10.8 Å². The van der Waals surface area contributed by atoms with E-state index in [1.54, 1.807) is 6.07 Å². The number of hydrogen-bond acceptors (Lipinski definition) is 3. The number of benzene rings is 1. The molecule has 0 atom stereocenters. The van der Waals surface area contributed by atoms with Crippen molar-refractivity contribution in [1.29, 1.82) is 0 Å². The van der Waals surface area contributed by atoms with Gasteiger partial charge < -0.3 is 5.73 Å². The van der Waals surface area contributed by atoms with E-state index in [-0.39, 0.29) is 5.56 Å². The molecule has 0 spiro atoms. The Morgan fingerprint density at radius 1 is 1.19 bits per heavy atom. The number of primary amides is 1. The van der Waals surface area contributed by atoms with Crippen molar-refractivity contribution in [3.8, 4) is 11.4 Å². The summed E-state index contributed by atoms with van der Waals surface area (Å²) in [5, 5.41) is 0.564. The number of halogens is 1. The highest BCUT2D eigenvalue weighted by molar-refractivity contribution is 6.33. The van der Waals surface area contributed by atoms with Crippen molar-refractivity contribution in [1.82, 2.24) is 9.97 Å². The molecule has 4 nitrogen and oxygen atoms in total. The van der Waals surface area contributed by atoms with Crippen LogP contribution in [0.15, 0.2) is 36.7 Å². The minimum Gasteiger partial charge on any atom is -0.366 e. The molecule has 0 aliphatic heterocycles. The van der Waals surface area contributed by atoms with Gasteiger partial charge in [-0.1, -0.05) is 23.7 Å². The van der Waals surface area contributed by atoms with Crippen molar-refractivity contribution in [2.24, 2.45) is 5.73 Å². The molecule has 5 heteroatoms. The van der Waals surface area contributed by atoms with Crippen molar-refractivity contribution in [2.45, 2.75) is 0 Å². The molecule has 0 radical (unpaired) electrons. The van der Waals surface area contributed by atoms with Crippen LogP contribution in [-0.4, -0.2) is 15.9 Å². The van der Waals surface area contributed by atoms with Crippen LogP contribution in [0.1, 0.15) is 10.4 Å². The Balaban J connectivity index is 2.43. The molecule has 0 aliphatic rings. The highest BCUT2D eigenvalue weighted by Gasteiger charge is 2.06. The van der Waals surface area contributed by atoms with Gasteiger partial charge in [0.15, 0.2) is 5.82 Å². The molecule has 0 aliphatic carbocycles. The van der Waals surface area contributed by atoms with E-state index in [9.17, 15) is 4.79 Å². The maximum absolute atomic E-state index is 10.8. The first kappa shape index (κ1) is 10.6. The van der Waals surface area contributed by atoms with Gasteiger partial charge in [0.2, 0.25) is 0 Å². The third-order valence-corrected chi connectivity index (χ3v) is 2.38. The quantitative estimate of drug-likeness (QED) is 0.861. The van der Waals surface area contributed by atoms with E-state index >= 15 is 0 Å². The van der Waals surface area contributed by atoms with Gasteiger partial charge in [0.1, 0.15) is 0 Å². The number of rotatable bonds is 2. The predicted octanol–water partition coefficient (Wildman–Crippen LogP) is 1.90. The standard InChI is InChI=1S/C11H8ClN3O/c12-9-4-2-1-3-8(9)11-14-5-7(6-15-11)10(13)16/h1-6H,(H2,13,16). The van der Waals surface area contributed by atoms with Crippen molar-refractivity contribution in [3.05, 3.63) is 47.2 Å². The summed E-state index contributed by atoms with van der Waals surface area (Å²) in [6.45, 7) is 0. The average molecular weight is 234 g/mol. The van der Waals surface area contributed by atoms with Crippen LogP contribution >= 0.6 is 11.6 Å². The van der Waals surface area contributed by atoms with Gasteiger partial charge in [0.25, 0.3) is 5.91 Å². The predicted molar refractivity (Wildman–Crippen MR) is 61.0 cm³/mol. The monoisotopic (exact) mass is 233 g/mol. The lowest BCUT2D eigenvalue weighted by atomic mass is 10.2. The second-order valence-electron chi connectivity index (χ2n) is 3.14. The second-order valence-corrected chi connectivity index (χ2v) is 3.55. The van der Waals surface area contributed by atoms with E-state index in [1.807, 2.05) is 18.2 Å². The fourth-order valence-electron chi connectivity index (χ4n) is 1.24. The lowest BCUT2D eigenvalue weighted by Crippen LogP contribution is -2.11. The number of amides is 1. The van der Waals surface area contributed by atoms with Crippen LogP contribution < -0.4 is 5.73 Å². The van der Waals surface area contributed by atoms with Crippen LogP contribution in [0.3, 0.4) is 0 Å². The average Bonchev–Trinajstić information content (AvgIpc) is 2.30. The second kappa shape index (κ2) is 4.28. The van der Waals surface area contributed by atoms with Crippen molar-refractivity contribution >= 4 is 17.5 Å². The molecular weight excluding hydrogens is 226 g/mol. The molecular formula is C11H8ClN3O. The maximum atomic E-state index is 10.8. The molecule has 0 unspecified atom stereocenters. The number of nitrogens with two attached hydrogens (primary N) is 1. The minimum atomic E-state index is -0.550. The molecule has 0 saturated carbocycles. The lowest BCUT2D eigenvalue weighted by molar-refractivity contribution is 0.0999.